The lowest BCUT2D eigenvalue weighted by atomic mass is 10.1. The van der Waals surface area contributed by atoms with Crippen molar-refractivity contribution in [3.63, 3.8) is 0 Å². The van der Waals surface area contributed by atoms with E-state index >= 15 is 0 Å². The van der Waals surface area contributed by atoms with E-state index in [0.29, 0.717) is 11.4 Å². The second-order valence-corrected chi connectivity index (χ2v) is 3.56. The lowest BCUT2D eigenvalue weighted by Crippen LogP contribution is -2.35. The van der Waals surface area contributed by atoms with Crippen LogP contribution < -0.4 is 9.64 Å². The third-order valence-electron chi connectivity index (χ3n) is 2.50. The van der Waals surface area contributed by atoms with E-state index in [1.807, 2.05) is 0 Å². The first-order valence-electron chi connectivity index (χ1n) is 4.81. The summed E-state index contributed by atoms with van der Waals surface area (Å²) in [5.41, 5.74) is 0.412. The Morgan fingerprint density at radius 3 is 2.76 bits per heavy atom. The Bertz CT molecular complexity index is 523. The molecule has 1 aliphatic rings. The summed E-state index contributed by atoms with van der Waals surface area (Å²) < 4.78 is 5.15. The first-order valence-corrected chi connectivity index (χ1v) is 4.81. The molecule has 0 saturated heterocycles. The minimum atomic E-state index is -1.53. The number of fused-ring (bicyclic) bond motifs is 1. The first-order chi connectivity index (χ1) is 8.00. The Morgan fingerprint density at radius 1 is 1.41 bits per heavy atom. The molecule has 2 rings (SSSR count). The van der Waals surface area contributed by atoms with Crippen LogP contribution in [0.4, 0.5) is 5.69 Å². The predicted octanol–water partition coefficient (Wildman–Crippen LogP) is 0.309. The minimum absolute atomic E-state index is 0.0152. The van der Waals surface area contributed by atoms with Crippen molar-refractivity contribution in [1.82, 2.24) is 0 Å². The number of amides is 1. The lowest BCUT2D eigenvalue weighted by Gasteiger charge is -2.26. The van der Waals surface area contributed by atoms with Crippen molar-refractivity contribution in [1.29, 1.82) is 0 Å². The molecule has 0 saturated carbocycles. The molecule has 1 aliphatic heterocycles. The van der Waals surface area contributed by atoms with Gasteiger partial charge in [0.25, 0.3) is 11.7 Å². The Labute approximate surface area is 96.4 Å². The molecule has 1 aromatic carbocycles. The SMILES string of the molecule is CN1C(=O)COc2ccc(C(=O)C(=O)O)cc21. The molecule has 0 spiro atoms. The number of carbonyl (C=O) groups is 3. The molecule has 17 heavy (non-hydrogen) atoms. The topological polar surface area (TPSA) is 83.9 Å². The van der Waals surface area contributed by atoms with Crippen molar-refractivity contribution in [3.8, 4) is 5.75 Å². The number of carbonyl (C=O) groups excluding carboxylic acids is 2. The molecule has 1 N–H and O–H groups in total. The van der Waals surface area contributed by atoms with Crippen molar-refractivity contribution in [2.75, 3.05) is 18.6 Å². The Morgan fingerprint density at radius 2 is 2.12 bits per heavy atom. The Hall–Kier alpha value is -2.37. The maximum atomic E-state index is 11.4. The highest BCUT2D eigenvalue weighted by Gasteiger charge is 2.24. The fourth-order valence-electron chi connectivity index (χ4n) is 1.54. The van der Waals surface area contributed by atoms with Crippen LogP contribution in [-0.4, -0.2) is 36.4 Å². The zero-order chi connectivity index (χ0) is 12.6. The Kier molecular flexibility index (Phi) is 2.55. The van der Waals surface area contributed by atoms with Crippen LogP contribution in [0.2, 0.25) is 0 Å². The summed E-state index contributed by atoms with van der Waals surface area (Å²) in [5.74, 6) is -2.35. The normalized spacial score (nSPS) is 13.9. The van der Waals surface area contributed by atoms with Crippen molar-refractivity contribution in [2.45, 2.75) is 0 Å². The van der Waals surface area contributed by atoms with E-state index in [1.165, 1.54) is 23.1 Å². The molecule has 0 bridgehead atoms. The summed E-state index contributed by atoms with van der Waals surface area (Å²) >= 11 is 0. The number of Topliss-reactive ketones (excluding diaryl/α,β-unsaturated/α-hetero) is 1. The predicted molar refractivity (Wildman–Crippen MR) is 57.3 cm³/mol. The van der Waals surface area contributed by atoms with Gasteiger partial charge in [-0.3, -0.25) is 9.59 Å². The third-order valence-corrected chi connectivity index (χ3v) is 2.50. The van der Waals surface area contributed by atoms with Crippen LogP contribution in [-0.2, 0) is 9.59 Å². The number of hydrogen-bond donors (Lipinski definition) is 1. The summed E-state index contributed by atoms with van der Waals surface area (Å²) in [6.07, 6.45) is 0. The molecule has 0 atom stereocenters. The van der Waals surface area contributed by atoms with Gasteiger partial charge in [0.1, 0.15) is 5.75 Å². The van der Waals surface area contributed by atoms with Gasteiger partial charge in [-0.2, -0.15) is 0 Å². The number of likely N-dealkylation sites (N-methyl/N-ethyl adjacent to an activating group) is 1. The van der Waals surface area contributed by atoms with Crippen LogP contribution in [0, 0.1) is 0 Å². The van der Waals surface area contributed by atoms with Crippen LogP contribution in [0.15, 0.2) is 18.2 Å². The highest BCUT2D eigenvalue weighted by molar-refractivity contribution is 6.40. The van der Waals surface area contributed by atoms with Crippen LogP contribution in [0.5, 0.6) is 5.75 Å². The fraction of sp³-hybridized carbons (Fsp3) is 0.182. The molecule has 1 heterocycles. The van der Waals surface area contributed by atoms with E-state index in [9.17, 15) is 14.4 Å². The third kappa shape index (κ3) is 1.84. The van der Waals surface area contributed by atoms with Crippen molar-refractivity contribution >= 4 is 23.3 Å². The van der Waals surface area contributed by atoms with Gasteiger partial charge in [-0.05, 0) is 18.2 Å². The number of ketones is 1. The van der Waals surface area contributed by atoms with E-state index in [4.69, 9.17) is 9.84 Å². The summed E-state index contributed by atoms with van der Waals surface area (Å²) in [5, 5.41) is 8.60. The molecule has 6 nitrogen and oxygen atoms in total. The number of benzene rings is 1. The lowest BCUT2D eigenvalue weighted by molar-refractivity contribution is -0.131. The van der Waals surface area contributed by atoms with Crippen molar-refractivity contribution in [2.24, 2.45) is 0 Å². The van der Waals surface area contributed by atoms with Gasteiger partial charge in [0.05, 0.1) is 5.69 Å². The maximum Gasteiger partial charge on any atom is 0.377 e. The molecule has 6 heteroatoms. The van der Waals surface area contributed by atoms with E-state index in [1.54, 1.807) is 7.05 Å². The van der Waals surface area contributed by atoms with Gasteiger partial charge in [-0.1, -0.05) is 0 Å². The van der Waals surface area contributed by atoms with Gasteiger partial charge < -0.3 is 14.7 Å². The highest BCUT2D eigenvalue weighted by Crippen LogP contribution is 2.31. The second-order valence-electron chi connectivity index (χ2n) is 3.56. The van der Waals surface area contributed by atoms with Crippen LogP contribution >= 0.6 is 0 Å². The number of nitrogens with zero attached hydrogens (tertiary/aromatic N) is 1. The van der Waals surface area contributed by atoms with E-state index in [-0.39, 0.29) is 18.1 Å². The fourth-order valence-corrected chi connectivity index (χ4v) is 1.54. The zero-order valence-corrected chi connectivity index (χ0v) is 8.97. The molecule has 0 aliphatic carbocycles. The van der Waals surface area contributed by atoms with E-state index in [0.717, 1.165) is 0 Å². The molecule has 0 radical (unpaired) electrons. The number of carboxylic acid groups (broad SMARTS) is 1. The van der Waals surface area contributed by atoms with Gasteiger partial charge in [-0.15, -0.1) is 0 Å². The average Bonchev–Trinajstić information content (AvgIpc) is 2.32. The highest BCUT2D eigenvalue weighted by atomic mass is 16.5. The molecule has 1 amide bonds. The number of ether oxygens (including phenoxy) is 1. The largest absolute Gasteiger partial charge is 0.482 e. The van der Waals surface area contributed by atoms with Gasteiger partial charge in [0, 0.05) is 12.6 Å². The first kappa shape index (κ1) is 11.1. The smallest absolute Gasteiger partial charge is 0.377 e. The number of hydrogen-bond acceptors (Lipinski definition) is 4. The Balaban J connectivity index is 2.46. The van der Waals surface area contributed by atoms with Crippen molar-refractivity contribution < 1.29 is 24.2 Å². The molecular formula is C11H9NO5. The minimum Gasteiger partial charge on any atom is -0.482 e. The molecule has 88 valence electrons. The monoisotopic (exact) mass is 235 g/mol. The van der Waals surface area contributed by atoms with Crippen LogP contribution in [0.25, 0.3) is 0 Å². The summed E-state index contributed by atoms with van der Waals surface area (Å²) in [4.78, 5) is 34.5. The molecule has 0 fully saturated rings. The van der Waals surface area contributed by atoms with E-state index < -0.39 is 11.8 Å². The number of aliphatic carboxylic acids is 1. The number of carboxylic acids is 1. The van der Waals surface area contributed by atoms with Gasteiger partial charge >= 0.3 is 5.97 Å². The summed E-state index contributed by atoms with van der Waals surface area (Å²) in [7, 11) is 1.54. The maximum absolute atomic E-state index is 11.4. The van der Waals surface area contributed by atoms with Gasteiger partial charge in [0.2, 0.25) is 0 Å². The molecule has 0 unspecified atom stereocenters. The summed E-state index contributed by atoms with van der Waals surface area (Å²) in [6, 6.07) is 4.18. The van der Waals surface area contributed by atoms with Crippen molar-refractivity contribution in [3.05, 3.63) is 23.8 Å². The van der Waals surface area contributed by atoms with Gasteiger partial charge in [-0.25, -0.2) is 4.79 Å². The quantitative estimate of drug-likeness (QED) is 0.589. The number of rotatable bonds is 2. The standard InChI is InChI=1S/C11H9NO5/c1-12-7-4-6(10(14)11(15)16)2-3-8(7)17-5-9(12)13/h2-4H,5H2,1H3,(H,15,16). The zero-order valence-electron chi connectivity index (χ0n) is 8.97. The molecule has 0 aromatic heterocycles. The molecular weight excluding hydrogens is 226 g/mol. The van der Waals surface area contributed by atoms with Gasteiger partial charge in [0.15, 0.2) is 6.61 Å². The molecule has 1 aromatic rings. The summed E-state index contributed by atoms with van der Waals surface area (Å²) in [6.45, 7) is -0.0598. The van der Waals surface area contributed by atoms with Crippen LogP contribution in [0.3, 0.4) is 0 Å². The number of anilines is 1. The average molecular weight is 235 g/mol. The van der Waals surface area contributed by atoms with Crippen LogP contribution in [0.1, 0.15) is 10.4 Å². The van der Waals surface area contributed by atoms with E-state index in [2.05, 4.69) is 0 Å². The second kappa shape index (κ2) is 3.89.